The zero-order valence-electron chi connectivity index (χ0n) is 11.2. The molecule has 0 amide bonds. The van der Waals surface area contributed by atoms with Gasteiger partial charge in [0.1, 0.15) is 0 Å². The van der Waals surface area contributed by atoms with E-state index in [1.54, 1.807) is 12.1 Å². The lowest BCUT2D eigenvalue weighted by Gasteiger charge is -2.17. The van der Waals surface area contributed by atoms with Crippen molar-refractivity contribution in [3.63, 3.8) is 0 Å². The highest BCUT2D eigenvalue weighted by atomic mass is 35.5. The second kappa shape index (κ2) is 6.90. The van der Waals surface area contributed by atoms with Crippen molar-refractivity contribution in [2.75, 3.05) is 26.4 Å². The number of hydrogen-bond acceptors (Lipinski definition) is 3. The van der Waals surface area contributed by atoms with Crippen molar-refractivity contribution in [1.29, 1.82) is 0 Å². The van der Waals surface area contributed by atoms with Gasteiger partial charge in [0.2, 0.25) is 10.0 Å². The van der Waals surface area contributed by atoms with Crippen LogP contribution in [0.4, 0.5) is 0 Å². The Hall–Kier alpha value is -0.330. The summed E-state index contributed by atoms with van der Waals surface area (Å²) < 4.78 is 24.4. The Kier molecular flexibility index (Phi) is 6.08. The van der Waals surface area contributed by atoms with Gasteiger partial charge in [0.05, 0.1) is 5.75 Å². The van der Waals surface area contributed by atoms with E-state index in [0.29, 0.717) is 16.6 Å². The van der Waals surface area contributed by atoms with E-state index in [9.17, 15) is 8.42 Å². The highest BCUT2D eigenvalue weighted by Crippen LogP contribution is 2.25. The number of hydrogen-bond donors (Lipinski definition) is 1. The van der Waals surface area contributed by atoms with Gasteiger partial charge in [-0.3, -0.25) is 0 Å². The van der Waals surface area contributed by atoms with Crippen molar-refractivity contribution < 1.29 is 8.42 Å². The molecule has 0 radical (unpaired) electrons. The molecule has 108 valence electrons. The van der Waals surface area contributed by atoms with E-state index in [1.807, 2.05) is 13.0 Å². The van der Waals surface area contributed by atoms with Gasteiger partial charge in [-0.15, -0.1) is 0 Å². The van der Waals surface area contributed by atoms with Crippen LogP contribution >= 0.6 is 23.2 Å². The smallest absolute Gasteiger partial charge is 0.214 e. The predicted octanol–water partition coefficient (Wildman–Crippen LogP) is 2.54. The minimum atomic E-state index is -3.18. The van der Waals surface area contributed by atoms with E-state index in [0.717, 1.165) is 5.56 Å². The van der Waals surface area contributed by atoms with Crippen LogP contribution in [0.2, 0.25) is 10.0 Å². The van der Waals surface area contributed by atoms with Gasteiger partial charge >= 0.3 is 0 Å². The molecule has 1 rings (SSSR count). The lowest BCUT2D eigenvalue weighted by atomic mass is 10.1. The second-order valence-electron chi connectivity index (χ2n) is 4.44. The van der Waals surface area contributed by atoms with Gasteiger partial charge < -0.3 is 5.32 Å². The average Bonchev–Trinajstić information content (AvgIpc) is 2.28. The molecule has 0 aliphatic heterocycles. The standard InChI is InChI=1S/C12H18Cl2N2O2S/c1-9(11-5-4-10(13)8-12(11)14)15-6-7-19(17,18)16(2)3/h4-5,8-9,15H,6-7H2,1-3H3. The molecule has 1 aromatic rings. The first kappa shape index (κ1) is 16.7. The van der Waals surface area contributed by atoms with Gasteiger partial charge in [-0.2, -0.15) is 0 Å². The number of nitrogens with zero attached hydrogens (tertiary/aromatic N) is 1. The van der Waals surface area contributed by atoms with E-state index in [4.69, 9.17) is 23.2 Å². The monoisotopic (exact) mass is 324 g/mol. The van der Waals surface area contributed by atoms with Gasteiger partial charge in [-0.25, -0.2) is 12.7 Å². The summed E-state index contributed by atoms with van der Waals surface area (Å²) >= 11 is 11.9. The molecule has 0 fully saturated rings. The Morgan fingerprint density at radius 2 is 1.95 bits per heavy atom. The molecule has 0 spiro atoms. The van der Waals surface area contributed by atoms with E-state index in [1.165, 1.54) is 18.4 Å². The molecule has 0 aliphatic carbocycles. The number of benzene rings is 1. The summed E-state index contributed by atoms with van der Waals surface area (Å²) in [6, 6.07) is 5.23. The zero-order valence-corrected chi connectivity index (χ0v) is 13.5. The summed E-state index contributed by atoms with van der Waals surface area (Å²) in [6.45, 7) is 2.29. The molecule has 1 atom stereocenters. The maximum atomic E-state index is 11.6. The molecule has 0 aliphatic rings. The van der Waals surface area contributed by atoms with Gasteiger partial charge in [0.15, 0.2) is 0 Å². The van der Waals surface area contributed by atoms with Crippen LogP contribution in [0.5, 0.6) is 0 Å². The lowest BCUT2D eigenvalue weighted by Crippen LogP contribution is -2.32. The largest absolute Gasteiger partial charge is 0.309 e. The number of sulfonamides is 1. The van der Waals surface area contributed by atoms with E-state index in [-0.39, 0.29) is 11.8 Å². The van der Waals surface area contributed by atoms with Gasteiger partial charge in [0.25, 0.3) is 0 Å². The van der Waals surface area contributed by atoms with Crippen LogP contribution in [0.3, 0.4) is 0 Å². The first-order chi connectivity index (χ1) is 8.74. The molecule has 1 aromatic carbocycles. The first-order valence-corrected chi connectivity index (χ1v) is 8.19. The lowest BCUT2D eigenvalue weighted by molar-refractivity contribution is 0.512. The van der Waals surface area contributed by atoms with Crippen molar-refractivity contribution in [2.24, 2.45) is 0 Å². The Bertz CT molecular complexity index is 533. The Balaban J connectivity index is 2.59. The molecule has 0 aromatic heterocycles. The fraction of sp³-hybridized carbons (Fsp3) is 0.500. The molecule has 4 nitrogen and oxygen atoms in total. The fourth-order valence-electron chi connectivity index (χ4n) is 1.55. The van der Waals surface area contributed by atoms with Crippen molar-refractivity contribution >= 4 is 33.2 Å². The van der Waals surface area contributed by atoms with Crippen LogP contribution in [0, 0.1) is 0 Å². The van der Waals surface area contributed by atoms with Crippen LogP contribution < -0.4 is 5.32 Å². The van der Waals surface area contributed by atoms with Gasteiger partial charge in [-0.1, -0.05) is 29.3 Å². The van der Waals surface area contributed by atoms with E-state index in [2.05, 4.69) is 5.32 Å². The molecule has 0 bridgehead atoms. The normalized spacial score (nSPS) is 13.8. The number of halogens is 2. The third-order valence-electron chi connectivity index (χ3n) is 2.80. The third kappa shape index (κ3) is 4.93. The molecule has 0 saturated heterocycles. The van der Waals surface area contributed by atoms with Crippen molar-refractivity contribution in [1.82, 2.24) is 9.62 Å². The Morgan fingerprint density at radius 3 is 2.47 bits per heavy atom. The first-order valence-electron chi connectivity index (χ1n) is 5.82. The molecule has 1 unspecified atom stereocenters. The van der Waals surface area contributed by atoms with Crippen molar-refractivity contribution in [3.8, 4) is 0 Å². The van der Waals surface area contributed by atoms with Crippen LogP contribution in [-0.4, -0.2) is 39.1 Å². The highest BCUT2D eigenvalue weighted by Gasteiger charge is 2.15. The minimum Gasteiger partial charge on any atom is -0.309 e. The summed E-state index contributed by atoms with van der Waals surface area (Å²) in [5.74, 6) is 0.0511. The fourth-order valence-corrected chi connectivity index (χ4v) is 2.86. The van der Waals surface area contributed by atoms with Crippen LogP contribution in [0.15, 0.2) is 18.2 Å². The topological polar surface area (TPSA) is 49.4 Å². The van der Waals surface area contributed by atoms with Crippen LogP contribution in [0.25, 0.3) is 0 Å². The number of rotatable bonds is 6. The van der Waals surface area contributed by atoms with E-state index >= 15 is 0 Å². The molecular weight excluding hydrogens is 307 g/mol. The zero-order chi connectivity index (χ0) is 14.6. The highest BCUT2D eigenvalue weighted by molar-refractivity contribution is 7.89. The number of nitrogens with one attached hydrogen (secondary N) is 1. The summed E-state index contributed by atoms with van der Waals surface area (Å²) in [4.78, 5) is 0. The summed E-state index contributed by atoms with van der Waals surface area (Å²) in [7, 11) is -0.131. The SMILES string of the molecule is CC(NCCS(=O)(=O)N(C)C)c1ccc(Cl)cc1Cl. The average molecular weight is 325 g/mol. The van der Waals surface area contributed by atoms with Crippen LogP contribution in [0.1, 0.15) is 18.5 Å². The van der Waals surface area contributed by atoms with E-state index < -0.39 is 10.0 Å². The summed E-state index contributed by atoms with van der Waals surface area (Å²) in [5, 5.41) is 4.29. The molecule has 19 heavy (non-hydrogen) atoms. The quantitative estimate of drug-likeness (QED) is 0.874. The summed E-state index contributed by atoms with van der Waals surface area (Å²) in [5.41, 5.74) is 0.897. The maximum absolute atomic E-state index is 11.6. The maximum Gasteiger partial charge on any atom is 0.214 e. The second-order valence-corrected chi connectivity index (χ2v) is 7.59. The van der Waals surface area contributed by atoms with Gasteiger partial charge in [-0.05, 0) is 24.6 Å². The summed E-state index contributed by atoms with van der Waals surface area (Å²) in [6.07, 6.45) is 0. The molecule has 0 heterocycles. The van der Waals surface area contributed by atoms with Gasteiger partial charge in [0, 0.05) is 36.7 Å². The van der Waals surface area contributed by atoms with Crippen LogP contribution in [-0.2, 0) is 10.0 Å². The molecular formula is C12H18Cl2N2O2S. The molecule has 1 N–H and O–H groups in total. The molecule has 7 heteroatoms. The minimum absolute atomic E-state index is 0.0397. The third-order valence-corrected chi connectivity index (χ3v) is 5.19. The predicted molar refractivity (Wildman–Crippen MR) is 80.4 cm³/mol. The van der Waals surface area contributed by atoms with Crippen molar-refractivity contribution in [3.05, 3.63) is 33.8 Å². The Morgan fingerprint density at radius 1 is 1.32 bits per heavy atom. The molecule has 0 saturated carbocycles. The van der Waals surface area contributed by atoms with Crippen molar-refractivity contribution in [2.45, 2.75) is 13.0 Å². The Labute approximate surface area is 124 Å².